The summed E-state index contributed by atoms with van der Waals surface area (Å²) in [5.41, 5.74) is 0.811. The second-order valence-electron chi connectivity index (χ2n) is 4.64. The van der Waals surface area contributed by atoms with E-state index in [0.717, 1.165) is 11.1 Å². The van der Waals surface area contributed by atoms with Crippen LogP contribution in [-0.4, -0.2) is 41.4 Å². The second-order valence-corrected chi connectivity index (χ2v) is 4.64. The van der Waals surface area contributed by atoms with Gasteiger partial charge in [0, 0.05) is 43.2 Å². The third kappa shape index (κ3) is 3.65. The largest absolute Gasteiger partial charge is 0.391 e. The highest BCUT2D eigenvalue weighted by molar-refractivity contribution is 5.99. The van der Waals surface area contributed by atoms with Crippen molar-refractivity contribution in [2.45, 2.75) is 12.5 Å². The number of hydrogen-bond acceptors (Lipinski definition) is 6. The van der Waals surface area contributed by atoms with Crippen LogP contribution in [-0.2, 0) is 4.74 Å². The first-order chi connectivity index (χ1) is 10.1. The fourth-order valence-corrected chi connectivity index (χ4v) is 2.14. The molecule has 0 amide bonds. The molecule has 0 aliphatic rings. The molecule has 2 rings (SSSR count). The molecule has 1 unspecified atom stereocenters. The Morgan fingerprint density at radius 2 is 2.24 bits per heavy atom. The molecule has 0 aliphatic heterocycles. The molecule has 2 aromatic rings. The Labute approximate surface area is 121 Å². The SMILES string of the molecule is COCC(O)CCNc1ccc([N+](=O)[O-])c2cnccc12. The third-order valence-electron chi connectivity index (χ3n) is 3.14. The van der Waals surface area contributed by atoms with Gasteiger partial charge in [-0.1, -0.05) is 0 Å². The molecule has 1 aromatic heterocycles. The fourth-order valence-electron chi connectivity index (χ4n) is 2.14. The molecule has 1 aromatic carbocycles. The zero-order valence-corrected chi connectivity index (χ0v) is 11.7. The van der Waals surface area contributed by atoms with Gasteiger partial charge in [-0.25, -0.2) is 0 Å². The van der Waals surface area contributed by atoms with Gasteiger partial charge in [0.1, 0.15) is 0 Å². The zero-order chi connectivity index (χ0) is 15.2. The van der Waals surface area contributed by atoms with Gasteiger partial charge in [0.2, 0.25) is 0 Å². The Hall–Kier alpha value is -2.25. The van der Waals surface area contributed by atoms with E-state index < -0.39 is 11.0 Å². The van der Waals surface area contributed by atoms with E-state index in [4.69, 9.17) is 4.74 Å². The minimum Gasteiger partial charge on any atom is -0.391 e. The summed E-state index contributed by atoms with van der Waals surface area (Å²) in [5.74, 6) is 0. The number of anilines is 1. The number of aliphatic hydroxyl groups is 1. The second kappa shape index (κ2) is 6.96. The van der Waals surface area contributed by atoms with Gasteiger partial charge < -0.3 is 15.2 Å². The van der Waals surface area contributed by atoms with Crippen LogP contribution in [0.1, 0.15) is 6.42 Å². The summed E-state index contributed by atoms with van der Waals surface area (Å²) in [6.07, 6.45) is 3.07. The van der Waals surface area contributed by atoms with Crippen molar-refractivity contribution in [1.82, 2.24) is 4.98 Å². The van der Waals surface area contributed by atoms with Crippen molar-refractivity contribution in [2.75, 3.05) is 25.6 Å². The third-order valence-corrected chi connectivity index (χ3v) is 3.14. The lowest BCUT2D eigenvalue weighted by Crippen LogP contribution is -2.18. The number of nitrogens with zero attached hydrogens (tertiary/aromatic N) is 2. The molecule has 0 aliphatic carbocycles. The Kier molecular flexibility index (Phi) is 5.02. The van der Waals surface area contributed by atoms with Gasteiger partial charge in [-0.3, -0.25) is 15.1 Å². The van der Waals surface area contributed by atoms with Gasteiger partial charge in [0.05, 0.1) is 23.0 Å². The van der Waals surface area contributed by atoms with Crippen molar-refractivity contribution in [1.29, 1.82) is 0 Å². The number of pyridine rings is 1. The summed E-state index contributed by atoms with van der Waals surface area (Å²) in [4.78, 5) is 14.5. The first-order valence-electron chi connectivity index (χ1n) is 6.55. The van der Waals surface area contributed by atoms with Gasteiger partial charge >= 0.3 is 0 Å². The molecule has 0 fully saturated rings. The molecule has 112 valence electrons. The molecule has 0 spiro atoms. The summed E-state index contributed by atoms with van der Waals surface area (Å²) in [5, 5.41) is 25.0. The van der Waals surface area contributed by atoms with Gasteiger partial charge in [-0.15, -0.1) is 0 Å². The quantitative estimate of drug-likeness (QED) is 0.597. The summed E-state index contributed by atoms with van der Waals surface area (Å²) in [7, 11) is 1.54. The number of rotatable bonds is 7. The predicted octanol–water partition coefficient (Wildman–Crippen LogP) is 1.95. The van der Waals surface area contributed by atoms with E-state index in [0.29, 0.717) is 18.4 Å². The van der Waals surface area contributed by atoms with Gasteiger partial charge in [-0.05, 0) is 18.6 Å². The summed E-state index contributed by atoms with van der Waals surface area (Å²) < 4.78 is 4.86. The predicted molar refractivity (Wildman–Crippen MR) is 79.4 cm³/mol. The number of aliphatic hydroxyl groups excluding tert-OH is 1. The van der Waals surface area contributed by atoms with Crippen LogP contribution >= 0.6 is 0 Å². The number of fused-ring (bicyclic) bond motifs is 1. The van der Waals surface area contributed by atoms with Gasteiger partial charge in [0.15, 0.2) is 0 Å². The maximum Gasteiger partial charge on any atom is 0.278 e. The number of hydrogen-bond donors (Lipinski definition) is 2. The topological polar surface area (TPSA) is 97.5 Å². The van der Waals surface area contributed by atoms with E-state index in [-0.39, 0.29) is 12.3 Å². The lowest BCUT2D eigenvalue weighted by atomic mass is 10.1. The number of methoxy groups -OCH3 is 1. The molecule has 1 heterocycles. The maximum absolute atomic E-state index is 11.0. The van der Waals surface area contributed by atoms with Crippen molar-refractivity contribution in [3.8, 4) is 0 Å². The summed E-state index contributed by atoms with van der Waals surface area (Å²) in [6, 6.07) is 4.86. The van der Waals surface area contributed by atoms with E-state index in [2.05, 4.69) is 10.3 Å². The summed E-state index contributed by atoms with van der Waals surface area (Å²) in [6.45, 7) is 0.826. The van der Waals surface area contributed by atoms with Crippen molar-refractivity contribution in [3.63, 3.8) is 0 Å². The number of nitro benzene ring substituents is 1. The van der Waals surface area contributed by atoms with E-state index in [9.17, 15) is 15.2 Å². The van der Waals surface area contributed by atoms with Crippen LogP contribution in [0.2, 0.25) is 0 Å². The Balaban J connectivity index is 2.18. The van der Waals surface area contributed by atoms with Crippen molar-refractivity contribution < 1.29 is 14.8 Å². The maximum atomic E-state index is 11.0. The highest BCUT2D eigenvalue weighted by Crippen LogP contribution is 2.30. The van der Waals surface area contributed by atoms with Crippen LogP contribution in [0.25, 0.3) is 10.8 Å². The van der Waals surface area contributed by atoms with Crippen LogP contribution in [0.5, 0.6) is 0 Å². The molecule has 2 N–H and O–H groups in total. The van der Waals surface area contributed by atoms with Crippen LogP contribution < -0.4 is 5.32 Å². The standard InChI is InChI=1S/C14H17N3O4/c1-21-9-10(18)4-7-16-13-2-3-14(17(19)20)12-8-15-6-5-11(12)13/h2-3,5-6,8,10,16,18H,4,7,9H2,1H3. The smallest absolute Gasteiger partial charge is 0.278 e. The highest BCUT2D eigenvalue weighted by atomic mass is 16.6. The minimum absolute atomic E-state index is 0.0306. The van der Waals surface area contributed by atoms with Crippen LogP contribution in [0.3, 0.4) is 0 Å². The van der Waals surface area contributed by atoms with Crippen LogP contribution in [0.4, 0.5) is 11.4 Å². The molecule has 0 saturated carbocycles. The zero-order valence-electron chi connectivity index (χ0n) is 11.7. The molecule has 21 heavy (non-hydrogen) atoms. The number of ether oxygens (including phenoxy) is 1. The molecule has 1 atom stereocenters. The first-order valence-corrected chi connectivity index (χ1v) is 6.55. The molecule has 7 nitrogen and oxygen atoms in total. The number of benzene rings is 1. The number of nitrogens with one attached hydrogen (secondary N) is 1. The van der Waals surface area contributed by atoms with Crippen LogP contribution in [0.15, 0.2) is 30.6 Å². The average Bonchev–Trinajstić information content (AvgIpc) is 2.47. The number of aromatic nitrogens is 1. The molecule has 0 saturated heterocycles. The number of nitro groups is 1. The minimum atomic E-state index is -0.534. The normalized spacial score (nSPS) is 12.3. The van der Waals surface area contributed by atoms with Crippen molar-refractivity contribution in [3.05, 3.63) is 40.7 Å². The summed E-state index contributed by atoms with van der Waals surface area (Å²) >= 11 is 0. The van der Waals surface area contributed by atoms with Crippen molar-refractivity contribution in [2.24, 2.45) is 0 Å². The average molecular weight is 291 g/mol. The molecule has 0 bridgehead atoms. The number of non-ortho nitro benzene ring substituents is 1. The van der Waals surface area contributed by atoms with Crippen molar-refractivity contribution >= 4 is 22.1 Å². The molecular formula is C14H17N3O4. The monoisotopic (exact) mass is 291 g/mol. The van der Waals surface area contributed by atoms with Gasteiger partial charge in [-0.2, -0.15) is 0 Å². The Morgan fingerprint density at radius 3 is 2.95 bits per heavy atom. The Bertz CT molecular complexity index is 633. The van der Waals surface area contributed by atoms with E-state index in [1.807, 2.05) is 0 Å². The highest BCUT2D eigenvalue weighted by Gasteiger charge is 2.14. The van der Waals surface area contributed by atoms with Crippen LogP contribution in [0, 0.1) is 10.1 Å². The van der Waals surface area contributed by atoms with E-state index in [1.54, 1.807) is 18.3 Å². The van der Waals surface area contributed by atoms with E-state index in [1.165, 1.54) is 19.4 Å². The lowest BCUT2D eigenvalue weighted by Gasteiger charge is -2.12. The molecule has 0 radical (unpaired) electrons. The molecule has 7 heteroatoms. The van der Waals surface area contributed by atoms with Gasteiger partial charge in [0.25, 0.3) is 5.69 Å². The van der Waals surface area contributed by atoms with E-state index >= 15 is 0 Å². The Morgan fingerprint density at radius 1 is 1.43 bits per heavy atom. The fraction of sp³-hybridized carbons (Fsp3) is 0.357. The lowest BCUT2D eigenvalue weighted by molar-refractivity contribution is -0.383. The molecular weight excluding hydrogens is 274 g/mol. The first kappa shape index (κ1) is 15.1.